The molecule has 0 spiro atoms. The van der Waals surface area contributed by atoms with Gasteiger partial charge in [0.15, 0.2) is 5.82 Å². The van der Waals surface area contributed by atoms with E-state index in [1.165, 1.54) is 33.4 Å². The molecule has 3 heteroatoms. The predicted molar refractivity (Wildman–Crippen MR) is 252 cm³/mol. The molecule has 290 valence electrons. The predicted octanol–water partition coefficient (Wildman–Crippen LogP) is 14.6. The molecule has 59 heavy (non-hydrogen) atoms. The van der Waals surface area contributed by atoms with Crippen LogP contribution >= 0.6 is 0 Å². The third kappa shape index (κ3) is 10.5. The van der Waals surface area contributed by atoms with E-state index < -0.39 is 0 Å². The first-order valence-corrected chi connectivity index (χ1v) is 20.5. The molecule has 1 atom stereocenters. The minimum absolute atomic E-state index is 0.231. The summed E-state index contributed by atoms with van der Waals surface area (Å²) in [4.78, 5) is 14.6. The Hall–Kier alpha value is -6.97. The van der Waals surface area contributed by atoms with E-state index in [0.29, 0.717) is 5.82 Å². The Morgan fingerprint density at radius 3 is 2.42 bits per heavy atom. The molecule has 7 rings (SSSR count). The van der Waals surface area contributed by atoms with Crippen molar-refractivity contribution in [2.45, 2.75) is 40.0 Å². The standard InChI is InChI=1S/C56H51N3/c1-5-8-17-44-19-11-10-12-20-49(44)37-42-26-28-47(29-27-42)56-58-53(39-55(59-56)46-32-30-45(31-33-46)52-24-16-34-57-40-52)25-15-23-43(7-3)54-38-50-22-14-13-21-48(50)35-41(4)36-51(54)18-9-6-2/h5-17,19,21-34,36-40,51H,3,18,20,35H2,1-2,4H3/b8-5-,9-6-,25-15+,41-36?,43-23+,44-17-,49-37+,54-38-. The van der Waals surface area contributed by atoms with Gasteiger partial charge in [-0.1, -0.05) is 182 Å². The van der Waals surface area contributed by atoms with Crippen molar-refractivity contribution in [3.8, 4) is 33.8 Å². The average Bonchev–Trinajstić information content (AvgIpc) is 3.50. The van der Waals surface area contributed by atoms with Crippen LogP contribution in [0.1, 0.15) is 56.0 Å². The Balaban J connectivity index is 1.26. The molecule has 0 aliphatic heterocycles. The number of fused-ring (bicyclic) bond motifs is 1. The number of aromatic nitrogens is 3. The van der Waals surface area contributed by atoms with Gasteiger partial charge in [0.25, 0.3) is 0 Å². The second-order valence-electron chi connectivity index (χ2n) is 14.8. The van der Waals surface area contributed by atoms with Gasteiger partial charge in [-0.15, -0.1) is 0 Å². The first kappa shape index (κ1) is 40.2. The maximum Gasteiger partial charge on any atom is 0.160 e. The van der Waals surface area contributed by atoms with Crippen molar-refractivity contribution >= 4 is 18.2 Å². The highest BCUT2D eigenvalue weighted by atomic mass is 14.9. The van der Waals surface area contributed by atoms with Crippen LogP contribution in [0.5, 0.6) is 0 Å². The molecule has 3 aromatic carbocycles. The normalized spacial score (nSPS) is 18.2. The molecule has 0 fully saturated rings. The summed E-state index contributed by atoms with van der Waals surface area (Å²) in [7, 11) is 0. The fourth-order valence-electron chi connectivity index (χ4n) is 7.50. The van der Waals surface area contributed by atoms with Crippen molar-refractivity contribution in [1.29, 1.82) is 0 Å². The summed E-state index contributed by atoms with van der Waals surface area (Å²) >= 11 is 0. The van der Waals surface area contributed by atoms with E-state index in [0.717, 1.165) is 64.0 Å². The average molecular weight is 766 g/mol. The topological polar surface area (TPSA) is 38.7 Å². The van der Waals surface area contributed by atoms with Crippen molar-refractivity contribution in [1.82, 2.24) is 15.0 Å². The first-order valence-electron chi connectivity index (χ1n) is 20.5. The third-order valence-corrected chi connectivity index (χ3v) is 10.6. The molecule has 0 bridgehead atoms. The van der Waals surface area contributed by atoms with Gasteiger partial charge in [-0.25, -0.2) is 9.97 Å². The molecule has 0 saturated carbocycles. The fourth-order valence-corrected chi connectivity index (χ4v) is 7.50. The zero-order valence-corrected chi connectivity index (χ0v) is 34.3. The highest BCUT2D eigenvalue weighted by Gasteiger charge is 2.18. The van der Waals surface area contributed by atoms with Gasteiger partial charge < -0.3 is 0 Å². The highest BCUT2D eigenvalue weighted by molar-refractivity contribution is 5.73. The molecule has 3 nitrogen and oxygen atoms in total. The Morgan fingerprint density at radius 1 is 0.831 bits per heavy atom. The van der Waals surface area contributed by atoms with E-state index in [4.69, 9.17) is 9.97 Å². The fraction of sp³-hybridized carbons (Fsp3) is 0.125. The monoisotopic (exact) mass is 765 g/mol. The summed E-state index contributed by atoms with van der Waals surface area (Å²) in [6.07, 6.45) is 41.1. The lowest BCUT2D eigenvalue weighted by Gasteiger charge is -2.22. The van der Waals surface area contributed by atoms with Crippen LogP contribution in [0.3, 0.4) is 0 Å². The molecule has 0 radical (unpaired) electrons. The van der Waals surface area contributed by atoms with Crippen LogP contribution in [0.15, 0.2) is 217 Å². The maximum atomic E-state index is 5.14. The summed E-state index contributed by atoms with van der Waals surface area (Å²) in [5, 5.41) is 0. The molecule has 2 heterocycles. The molecular formula is C56H51N3. The van der Waals surface area contributed by atoms with Crippen molar-refractivity contribution in [3.63, 3.8) is 0 Å². The Morgan fingerprint density at radius 2 is 1.64 bits per heavy atom. The lowest BCUT2D eigenvalue weighted by atomic mass is 9.82. The molecule has 0 N–H and O–H groups in total. The van der Waals surface area contributed by atoms with Gasteiger partial charge >= 0.3 is 0 Å². The molecule has 0 amide bonds. The molecule has 1 unspecified atom stereocenters. The van der Waals surface area contributed by atoms with Gasteiger partial charge in [-0.3, -0.25) is 4.98 Å². The quantitative estimate of drug-likeness (QED) is 0.0993. The second-order valence-corrected chi connectivity index (χ2v) is 14.8. The first-order chi connectivity index (χ1) is 29.0. The van der Waals surface area contributed by atoms with Crippen molar-refractivity contribution < 1.29 is 0 Å². The molecule has 2 aromatic heterocycles. The zero-order chi connectivity index (χ0) is 40.8. The highest BCUT2D eigenvalue weighted by Crippen LogP contribution is 2.34. The van der Waals surface area contributed by atoms with E-state index in [9.17, 15) is 0 Å². The van der Waals surface area contributed by atoms with Crippen molar-refractivity contribution in [2.75, 3.05) is 0 Å². The Labute approximate surface area is 350 Å². The number of allylic oxidation sites excluding steroid dienone is 18. The van der Waals surface area contributed by atoms with Gasteiger partial charge in [0.1, 0.15) is 0 Å². The van der Waals surface area contributed by atoms with E-state index in [1.54, 1.807) is 6.20 Å². The number of pyridine rings is 1. The van der Waals surface area contributed by atoms with Crippen LogP contribution in [-0.2, 0) is 6.42 Å². The van der Waals surface area contributed by atoms with Gasteiger partial charge in [0.2, 0.25) is 0 Å². The lowest BCUT2D eigenvalue weighted by Crippen LogP contribution is -2.07. The summed E-state index contributed by atoms with van der Waals surface area (Å²) < 4.78 is 0. The van der Waals surface area contributed by atoms with Crippen LogP contribution in [0.2, 0.25) is 0 Å². The van der Waals surface area contributed by atoms with E-state index >= 15 is 0 Å². The SMILES string of the molecule is C=CC(=C\C=C\c1cc(-c2ccc(-c3cccnc3)cc2)nc(-c2ccc(\C=C3/CC=CC=C/C3=C/C=C\C)cc2)n1)/C1=C/c2ccccc2CC(C)=CC1C/C=C\C. The molecule has 2 aliphatic carbocycles. The van der Waals surface area contributed by atoms with Crippen molar-refractivity contribution in [3.05, 3.63) is 239 Å². The molecule has 5 aromatic rings. The van der Waals surface area contributed by atoms with Crippen LogP contribution in [0.25, 0.3) is 52.0 Å². The van der Waals surface area contributed by atoms with E-state index in [2.05, 4.69) is 201 Å². The van der Waals surface area contributed by atoms with Gasteiger partial charge in [-0.2, -0.15) is 0 Å². The van der Waals surface area contributed by atoms with Crippen LogP contribution in [0, 0.1) is 5.92 Å². The van der Waals surface area contributed by atoms with E-state index in [1.807, 2.05) is 25.3 Å². The van der Waals surface area contributed by atoms with E-state index in [-0.39, 0.29) is 5.92 Å². The third-order valence-electron chi connectivity index (χ3n) is 10.6. The number of hydrogen-bond donors (Lipinski definition) is 0. The smallest absolute Gasteiger partial charge is 0.160 e. The maximum absolute atomic E-state index is 5.14. The summed E-state index contributed by atoms with van der Waals surface area (Å²) in [5.41, 5.74) is 15.8. The van der Waals surface area contributed by atoms with Crippen LogP contribution < -0.4 is 0 Å². The van der Waals surface area contributed by atoms with Gasteiger partial charge in [0.05, 0.1) is 11.4 Å². The summed E-state index contributed by atoms with van der Waals surface area (Å²) in [6, 6.07) is 31.9. The Bertz CT molecular complexity index is 2580. The molecule has 2 aliphatic rings. The number of hydrogen-bond acceptors (Lipinski definition) is 3. The summed E-state index contributed by atoms with van der Waals surface area (Å²) in [5.74, 6) is 0.903. The summed E-state index contributed by atoms with van der Waals surface area (Å²) in [6.45, 7) is 10.7. The molecular weight excluding hydrogens is 715 g/mol. The van der Waals surface area contributed by atoms with Gasteiger partial charge in [-0.05, 0) is 108 Å². The van der Waals surface area contributed by atoms with Crippen LogP contribution in [0.4, 0.5) is 0 Å². The Kier molecular flexibility index (Phi) is 13.6. The lowest BCUT2D eigenvalue weighted by molar-refractivity contribution is 0.777. The molecule has 0 saturated heterocycles. The van der Waals surface area contributed by atoms with Gasteiger partial charge in [0, 0.05) is 29.4 Å². The number of benzene rings is 3. The largest absolute Gasteiger partial charge is 0.264 e. The van der Waals surface area contributed by atoms with Crippen molar-refractivity contribution in [2.24, 2.45) is 5.92 Å². The second kappa shape index (κ2) is 19.9. The van der Waals surface area contributed by atoms with Crippen LogP contribution in [-0.4, -0.2) is 15.0 Å². The minimum Gasteiger partial charge on any atom is -0.264 e. The minimum atomic E-state index is 0.231. The number of nitrogens with zero attached hydrogens (tertiary/aromatic N) is 3. The zero-order valence-electron chi connectivity index (χ0n) is 34.3. The number of rotatable bonds is 11.